The molecule has 0 aromatic heterocycles. The van der Waals surface area contributed by atoms with Crippen LogP contribution in [0.4, 0.5) is 4.79 Å². The molecule has 0 spiro atoms. The molecular formula is C15H21NO4. The maximum atomic E-state index is 11.5. The summed E-state index contributed by atoms with van der Waals surface area (Å²) in [6.07, 6.45) is -0.234. The normalized spacial score (nSPS) is 10.2. The predicted molar refractivity (Wildman–Crippen MR) is 75.8 cm³/mol. The van der Waals surface area contributed by atoms with Gasteiger partial charge in [0.05, 0.1) is 6.54 Å². The van der Waals surface area contributed by atoms with E-state index in [0.717, 1.165) is 0 Å². The van der Waals surface area contributed by atoms with Gasteiger partial charge in [0, 0.05) is 6.42 Å². The van der Waals surface area contributed by atoms with Crippen LogP contribution >= 0.6 is 0 Å². The number of esters is 1. The van der Waals surface area contributed by atoms with Crippen molar-refractivity contribution in [2.24, 2.45) is 0 Å². The number of rotatable bonds is 6. The molecule has 0 unspecified atom stereocenters. The van der Waals surface area contributed by atoms with E-state index in [1.165, 1.54) is 5.56 Å². The van der Waals surface area contributed by atoms with E-state index in [4.69, 9.17) is 9.47 Å². The van der Waals surface area contributed by atoms with E-state index in [0.29, 0.717) is 18.1 Å². The minimum absolute atomic E-state index is 0.147. The van der Waals surface area contributed by atoms with Crippen molar-refractivity contribution in [3.05, 3.63) is 29.8 Å². The van der Waals surface area contributed by atoms with Crippen molar-refractivity contribution >= 4 is 12.1 Å². The molecule has 110 valence electrons. The Labute approximate surface area is 119 Å². The first-order valence-corrected chi connectivity index (χ1v) is 6.74. The van der Waals surface area contributed by atoms with Crippen molar-refractivity contribution in [1.82, 2.24) is 5.32 Å². The molecule has 1 aromatic carbocycles. The molecule has 1 N–H and O–H groups in total. The number of carbonyl (C=O) groups is 2. The summed E-state index contributed by atoms with van der Waals surface area (Å²) in [7, 11) is 0. The molecule has 1 amide bonds. The van der Waals surface area contributed by atoms with Gasteiger partial charge in [-0.25, -0.2) is 4.79 Å². The largest absolute Gasteiger partial charge is 0.464 e. The monoisotopic (exact) mass is 279 g/mol. The molecule has 5 nitrogen and oxygen atoms in total. The lowest BCUT2D eigenvalue weighted by molar-refractivity contribution is -0.143. The highest BCUT2D eigenvalue weighted by molar-refractivity contribution is 5.70. The van der Waals surface area contributed by atoms with Gasteiger partial charge in [-0.1, -0.05) is 32.9 Å². The highest BCUT2D eigenvalue weighted by Crippen LogP contribution is 2.18. The van der Waals surface area contributed by atoms with Gasteiger partial charge >= 0.3 is 12.1 Å². The second-order valence-electron chi connectivity index (χ2n) is 4.61. The van der Waals surface area contributed by atoms with Gasteiger partial charge < -0.3 is 14.8 Å². The average Bonchev–Trinajstić information content (AvgIpc) is 2.43. The summed E-state index contributed by atoms with van der Waals surface area (Å²) in [6.45, 7) is 6.29. The summed E-state index contributed by atoms with van der Waals surface area (Å²) in [5, 5.41) is 2.51. The Kier molecular flexibility index (Phi) is 6.56. The van der Waals surface area contributed by atoms with E-state index >= 15 is 0 Å². The highest BCUT2D eigenvalue weighted by Gasteiger charge is 2.05. The van der Waals surface area contributed by atoms with Crippen LogP contribution in [-0.2, 0) is 9.53 Å². The summed E-state index contributed by atoms with van der Waals surface area (Å²) in [5.41, 5.74) is 1.18. The van der Waals surface area contributed by atoms with E-state index in [1.54, 1.807) is 19.1 Å². The molecule has 0 radical (unpaired) electrons. The van der Waals surface area contributed by atoms with E-state index < -0.39 is 6.09 Å². The standard InChI is InChI=1S/C15H21NO4/c1-4-14(17)19-10-9-16-15(18)20-13-7-5-12(6-8-13)11(2)3/h5-8,11H,4,9-10H2,1-3H3,(H,16,18). The molecule has 0 saturated carbocycles. The molecule has 5 heteroatoms. The Balaban J connectivity index is 2.30. The van der Waals surface area contributed by atoms with E-state index in [-0.39, 0.29) is 19.1 Å². The Hall–Kier alpha value is -2.04. The minimum Gasteiger partial charge on any atom is -0.464 e. The third-order valence-electron chi connectivity index (χ3n) is 2.68. The van der Waals surface area contributed by atoms with Crippen LogP contribution in [0.2, 0.25) is 0 Å². The summed E-state index contributed by atoms with van der Waals surface area (Å²) in [6, 6.07) is 7.37. The maximum absolute atomic E-state index is 11.5. The topological polar surface area (TPSA) is 64.6 Å². The fourth-order valence-electron chi connectivity index (χ4n) is 1.48. The molecule has 1 rings (SSSR count). The van der Waals surface area contributed by atoms with Crippen LogP contribution in [0.5, 0.6) is 5.75 Å². The van der Waals surface area contributed by atoms with Crippen LogP contribution in [0, 0.1) is 0 Å². The molecule has 0 aliphatic rings. The van der Waals surface area contributed by atoms with Gasteiger partial charge in [0.15, 0.2) is 0 Å². The molecule has 1 aromatic rings. The number of amides is 1. The third-order valence-corrected chi connectivity index (χ3v) is 2.68. The van der Waals surface area contributed by atoms with E-state index in [2.05, 4.69) is 19.2 Å². The van der Waals surface area contributed by atoms with Crippen LogP contribution < -0.4 is 10.1 Å². The molecule has 20 heavy (non-hydrogen) atoms. The minimum atomic E-state index is -0.560. The third kappa shape index (κ3) is 5.73. The zero-order chi connectivity index (χ0) is 15.0. The smallest absolute Gasteiger partial charge is 0.412 e. The van der Waals surface area contributed by atoms with Gasteiger partial charge in [-0.15, -0.1) is 0 Å². The average molecular weight is 279 g/mol. The van der Waals surface area contributed by atoms with Crippen molar-refractivity contribution in [1.29, 1.82) is 0 Å². The SMILES string of the molecule is CCC(=O)OCCNC(=O)Oc1ccc(C(C)C)cc1. The van der Waals surface area contributed by atoms with E-state index in [1.807, 2.05) is 12.1 Å². The van der Waals surface area contributed by atoms with Crippen molar-refractivity contribution in [3.63, 3.8) is 0 Å². The predicted octanol–water partition coefficient (Wildman–Crippen LogP) is 2.85. The Morgan fingerprint density at radius 3 is 2.40 bits per heavy atom. The van der Waals surface area contributed by atoms with Gasteiger partial charge in [-0.05, 0) is 23.6 Å². The molecule has 0 fully saturated rings. The number of hydrogen-bond acceptors (Lipinski definition) is 4. The van der Waals surface area contributed by atoms with Crippen LogP contribution in [0.3, 0.4) is 0 Å². The highest BCUT2D eigenvalue weighted by atomic mass is 16.6. The van der Waals surface area contributed by atoms with E-state index in [9.17, 15) is 9.59 Å². The van der Waals surface area contributed by atoms with Gasteiger partial charge in [0.25, 0.3) is 0 Å². The summed E-state index contributed by atoms with van der Waals surface area (Å²) in [5.74, 6) is 0.632. The lowest BCUT2D eigenvalue weighted by Crippen LogP contribution is -2.30. The molecule has 0 atom stereocenters. The second kappa shape index (κ2) is 8.19. The van der Waals surface area contributed by atoms with Gasteiger partial charge in [-0.2, -0.15) is 0 Å². The van der Waals surface area contributed by atoms with Crippen molar-refractivity contribution in [3.8, 4) is 5.75 Å². The van der Waals surface area contributed by atoms with Gasteiger partial charge in [0.2, 0.25) is 0 Å². The zero-order valence-electron chi connectivity index (χ0n) is 12.1. The van der Waals surface area contributed by atoms with Gasteiger partial charge in [0.1, 0.15) is 12.4 Å². The summed E-state index contributed by atoms with van der Waals surface area (Å²) in [4.78, 5) is 22.3. The molecule has 0 aliphatic heterocycles. The van der Waals surface area contributed by atoms with Crippen LogP contribution in [0.1, 0.15) is 38.7 Å². The lowest BCUT2D eigenvalue weighted by Gasteiger charge is -2.09. The van der Waals surface area contributed by atoms with Crippen LogP contribution in [-0.4, -0.2) is 25.2 Å². The molecular weight excluding hydrogens is 258 g/mol. The number of ether oxygens (including phenoxy) is 2. The zero-order valence-corrected chi connectivity index (χ0v) is 12.1. The number of hydrogen-bond donors (Lipinski definition) is 1. The molecule has 0 bridgehead atoms. The molecule has 0 heterocycles. The molecule has 0 aliphatic carbocycles. The summed E-state index contributed by atoms with van der Waals surface area (Å²) >= 11 is 0. The Morgan fingerprint density at radius 1 is 1.20 bits per heavy atom. The van der Waals surface area contributed by atoms with Crippen molar-refractivity contribution in [2.75, 3.05) is 13.2 Å². The fourth-order valence-corrected chi connectivity index (χ4v) is 1.48. The van der Waals surface area contributed by atoms with Crippen LogP contribution in [0.25, 0.3) is 0 Å². The van der Waals surface area contributed by atoms with Crippen LogP contribution in [0.15, 0.2) is 24.3 Å². The maximum Gasteiger partial charge on any atom is 0.412 e. The number of benzene rings is 1. The number of carbonyl (C=O) groups excluding carboxylic acids is 2. The first-order valence-electron chi connectivity index (χ1n) is 6.74. The first kappa shape index (κ1) is 16.0. The second-order valence-corrected chi connectivity index (χ2v) is 4.61. The Bertz CT molecular complexity index is 440. The van der Waals surface area contributed by atoms with Crippen molar-refractivity contribution in [2.45, 2.75) is 33.1 Å². The van der Waals surface area contributed by atoms with Crippen molar-refractivity contribution < 1.29 is 19.1 Å². The first-order chi connectivity index (χ1) is 9.52. The fraction of sp³-hybridized carbons (Fsp3) is 0.467. The lowest BCUT2D eigenvalue weighted by atomic mass is 10.0. The quantitative estimate of drug-likeness (QED) is 0.642. The summed E-state index contributed by atoms with van der Waals surface area (Å²) < 4.78 is 9.92. The van der Waals surface area contributed by atoms with Gasteiger partial charge in [-0.3, -0.25) is 4.79 Å². The number of nitrogens with one attached hydrogen (secondary N) is 1. The molecule has 0 saturated heterocycles. The Morgan fingerprint density at radius 2 is 1.85 bits per heavy atom.